The van der Waals surface area contributed by atoms with Crippen molar-refractivity contribution < 1.29 is 23.2 Å². The molecule has 108 valence electrons. The van der Waals surface area contributed by atoms with Crippen LogP contribution in [0.4, 0.5) is 18.9 Å². The molecular weight excluding hydrogens is 283 g/mol. The first-order valence-corrected chi connectivity index (χ1v) is 6.19. The Labute approximate surface area is 118 Å². The summed E-state index contributed by atoms with van der Waals surface area (Å²) < 4.78 is 37.0. The van der Waals surface area contributed by atoms with E-state index in [0.717, 1.165) is 22.3 Å². The number of amides is 1. The number of fused-ring (bicyclic) bond motifs is 3. The molecular formula is C15H10F3NO2. The number of anilines is 1. The van der Waals surface area contributed by atoms with Gasteiger partial charge in [-0.25, -0.2) is 0 Å². The van der Waals surface area contributed by atoms with Crippen LogP contribution in [-0.2, 0) is 11.2 Å². The number of alkyl halides is 3. The van der Waals surface area contributed by atoms with Crippen molar-refractivity contribution in [1.29, 1.82) is 0 Å². The number of hydroxylamine groups is 1. The van der Waals surface area contributed by atoms with E-state index in [1.165, 1.54) is 12.1 Å². The summed E-state index contributed by atoms with van der Waals surface area (Å²) in [5.74, 6) is -2.31. The average Bonchev–Trinajstić information content (AvgIpc) is 2.82. The fourth-order valence-corrected chi connectivity index (χ4v) is 2.50. The highest BCUT2D eigenvalue weighted by Gasteiger charge is 2.43. The highest BCUT2D eigenvalue weighted by atomic mass is 19.4. The zero-order valence-corrected chi connectivity index (χ0v) is 10.7. The van der Waals surface area contributed by atoms with Gasteiger partial charge in [-0.15, -0.1) is 0 Å². The number of nitrogens with zero attached hydrogens (tertiary/aromatic N) is 1. The van der Waals surface area contributed by atoms with Gasteiger partial charge in [0, 0.05) is 0 Å². The zero-order chi connectivity index (χ0) is 15.2. The van der Waals surface area contributed by atoms with Gasteiger partial charge < -0.3 is 0 Å². The Bertz CT molecular complexity index is 725. The number of rotatable bonds is 1. The van der Waals surface area contributed by atoms with Gasteiger partial charge in [0.15, 0.2) is 0 Å². The maximum absolute atomic E-state index is 12.3. The van der Waals surface area contributed by atoms with Crippen LogP contribution in [0.2, 0.25) is 0 Å². The lowest BCUT2D eigenvalue weighted by atomic mass is 10.1. The fraction of sp³-hybridized carbons (Fsp3) is 0.133. The second-order valence-electron chi connectivity index (χ2n) is 4.79. The predicted octanol–water partition coefficient (Wildman–Crippen LogP) is 3.54. The summed E-state index contributed by atoms with van der Waals surface area (Å²) in [4.78, 5) is 11.0. The third-order valence-electron chi connectivity index (χ3n) is 3.46. The van der Waals surface area contributed by atoms with Crippen molar-refractivity contribution in [2.24, 2.45) is 0 Å². The van der Waals surface area contributed by atoms with Crippen LogP contribution in [0.5, 0.6) is 0 Å². The minimum atomic E-state index is -5.11. The standard InChI is InChI=1S/C15H10F3NO2/c16-15(17,18)14(20)19(21)11-5-6-13-10(8-11)7-9-3-1-2-4-12(9)13/h1-6,8,21H,7H2. The quantitative estimate of drug-likeness (QED) is 0.550. The molecule has 6 heteroatoms. The molecule has 1 aliphatic carbocycles. The monoisotopic (exact) mass is 293 g/mol. The van der Waals surface area contributed by atoms with Crippen LogP contribution < -0.4 is 5.06 Å². The molecule has 0 bridgehead atoms. The van der Waals surface area contributed by atoms with E-state index in [1.54, 1.807) is 6.07 Å². The van der Waals surface area contributed by atoms with E-state index in [9.17, 15) is 23.2 Å². The lowest BCUT2D eigenvalue weighted by Crippen LogP contribution is -2.39. The first-order chi connectivity index (χ1) is 9.88. The van der Waals surface area contributed by atoms with E-state index >= 15 is 0 Å². The third-order valence-corrected chi connectivity index (χ3v) is 3.46. The Morgan fingerprint density at radius 2 is 1.71 bits per heavy atom. The highest BCUT2D eigenvalue weighted by Crippen LogP contribution is 2.38. The van der Waals surface area contributed by atoms with Crippen molar-refractivity contribution in [2.75, 3.05) is 5.06 Å². The Morgan fingerprint density at radius 1 is 1.05 bits per heavy atom. The van der Waals surface area contributed by atoms with Gasteiger partial charge in [0.05, 0.1) is 5.69 Å². The van der Waals surface area contributed by atoms with E-state index in [4.69, 9.17) is 0 Å². The number of carbonyl (C=O) groups is 1. The maximum atomic E-state index is 12.3. The molecule has 0 spiro atoms. The van der Waals surface area contributed by atoms with Crippen molar-refractivity contribution in [3.05, 3.63) is 53.6 Å². The summed E-state index contributed by atoms with van der Waals surface area (Å²) in [6.07, 6.45) is -4.55. The van der Waals surface area contributed by atoms with Gasteiger partial charge in [-0.3, -0.25) is 10.0 Å². The minimum absolute atomic E-state index is 0.191. The van der Waals surface area contributed by atoms with Crippen LogP contribution in [0.1, 0.15) is 11.1 Å². The molecule has 0 fully saturated rings. The van der Waals surface area contributed by atoms with Crippen LogP contribution in [-0.4, -0.2) is 17.3 Å². The van der Waals surface area contributed by atoms with Crippen LogP contribution in [0.15, 0.2) is 42.5 Å². The Balaban J connectivity index is 1.96. The second-order valence-corrected chi connectivity index (χ2v) is 4.79. The van der Waals surface area contributed by atoms with Gasteiger partial charge >= 0.3 is 12.1 Å². The predicted molar refractivity (Wildman–Crippen MR) is 70.0 cm³/mol. The third kappa shape index (κ3) is 2.27. The summed E-state index contributed by atoms with van der Waals surface area (Å²) >= 11 is 0. The molecule has 0 aromatic heterocycles. The molecule has 3 nitrogen and oxygen atoms in total. The molecule has 2 aromatic rings. The van der Waals surface area contributed by atoms with Crippen molar-refractivity contribution >= 4 is 11.6 Å². The van der Waals surface area contributed by atoms with Crippen molar-refractivity contribution in [1.82, 2.24) is 0 Å². The normalized spacial score (nSPS) is 12.8. The molecule has 0 atom stereocenters. The molecule has 1 amide bonds. The number of carbonyl (C=O) groups excluding carboxylic acids is 1. The van der Waals surface area contributed by atoms with Gasteiger partial charge in [-0.1, -0.05) is 30.3 Å². The number of hydrogen-bond acceptors (Lipinski definition) is 2. The Hall–Kier alpha value is -2.34. The van der Waals surface area contributed by atoms with Gasteiger partial charge in [0.2, 0.25) is 0 Å². The SMILES string of the molecule is O=C(N(O)c1ccc2c(c1)Cc1ccccc1-2)C(F)(F)F. The summed E-state index contributed by atoms with van der Waals surface area (Å²) in [5.41, 5.74) is 3.58. The molecule has 3 rings (SSSR count). The summed E-state index contributed by atoms with van der Waals surface area (Å²) in [6, 6.07) is 11.9. The van der Waals surface area contributed by atoms with Crippen molar-refractivity contribution in [3.63, 3.8) is 0 Å². The first-order valence-electron chi connectivity index (χ1n) is 6.19. The second kappa shape index (κ2) is 4.60. The summed E-state index contributed by atoms with van der Waals surface area (Å²) in [7, 11) is 0. The van der Waals surface area contributed by atoms with Gasteiger partial charge in [0.25, 0.3) is 0 Å². The molecule has 0 unspecified atom stereocenters. The van der Waals surface area contributed by atoms with E-state index in [-0.39, 0.29) is 10.8 Å². The van der Waals surface area contributed by atoms with Gasteiger partial charge in [-0.05, 0) is 40.8 Å². The fourth-order valence-electron chi connectivity index (χ4n) is 2.50. The molecule has 2 aromatic carbocycles. The largest absolute Gasteiger partial charge is 0.473 e. The van der Waals surface area contributed by atoms with Crippen LogP contribution in [0.25, 0.3) is 11.1 Å². The number of hydrogen-bond donors (Lipinski definition) is 1. The molecule has 0 saturated carbocycles. The van der Waals surface area contributed by atoms with Crippen LogP contribution in [0.3, 0.4) is 0 Å². The lowest BCUT2D eigenvalue weighted by molar-refractivity contribution is -0.175. The van der Waals surface area contributed by atoms with Crippen LogP contribution in [0, 0.1) is 0 Å². The van der Waals surface area contributed by atoms with Crippen molar-refractivity contribution in [3.8, 4) is 11.1 Å². The van der Waals surface area contributed by atoms with Gasteiger partial charge in [-0.2, -0.15) is 18.2 Å². The smallest absolute Gasteiger partial charge is 0.281 e. The van der Waals surface area contributed by atoms with E-state index in [2.05, 4.69) is 0 Å². The molecule has 0 aliphatic heterocycles. The van der Waals surface area contributed by atoms with E-state index in [1.807, 2.05) is 24.3 Å². The molecule has 0 radical (unpaired) electrons. The minimum Gasteiger partial charge on any atom is -0.281 e. The molecule has 21 heavy (non-hydrogen) atoms. The zero-order valence-electron chi connectivity index (χ0n) is 10.7. The number of halogens is 3. The molecule has 1 aliphatic rings. The average molecular weight is 293 g/mol. The van der Waals surface area contributed by atoms with Crippen molar-refractivity contribution in [2.45, 2.75) is 12.6 Å². The van der Waals surface area contributed by atoms with Gasteiger partial charge in [0.1, 0.15) is 0 Å². The van der Waals surface area contributed by atoms with E-state index < -0.39 is 12.1 Å². The highest BCUT2D eigenvalue weighted by molar-refractivity contribution is 5.95. The molecule has 0 heterocycles. The topological polar surface area (TPSA) is 40.5 Å². The maximum Gasteiger partial charge on any atom is 0.473 e. The van der Waals surface area contributed by atoms with E-state index in [0.29, 0.717) is 6.42 Å². The Kier molecular flexibility index (Phi) is 2.98. The molecule has 1 N–H and O–H groups in total. The van der Waals surface area contributed by atoms with Crippen LogP contribution >= 0.6 is 0 Å². The Morgan fingerprint density at radius 3 is 2.43 bits per heavy atom. The lowest BCUT2D eigenvalue weighted by Gasteiger charge is -2.17. The number of benzene rings is 2. The first kappa shape index (κ1) is 13.6. The summed E-state index contributed by atoms with van der Waals surface area (Å²) in [6.45, 7) is 0. The molecule has 0 saturated heterocycles. The summed E-state index contributed by atoms with van der Waals surface area (Å²) in [5, 5.41) is 9.08.